The second kappa shape index (κ2) is 9.74. The van der Waals surface area contributed by atoms with E-state index < -0.39 is 0 Å². The zero-order chi connectivity index (χ0) is 22.8. The molecule has 0 amide bonds. The lowest BCUT2D eigenvalue weighted by Gasteiger charge is -2.38. The fraction of sp³-hybridized carbons (Fsp3) is 0.571. The molecule has 3 aliphatic rings. The minimum Gasteiger partial charge on any atom is -0.422 e. The number of allylic oxidation sites excluding steroid dienone is 4. The highest BCUT2D eigenvalue weighted by Crippen LogP contribution is 2.37. The molecule has 0 bridgehead atoms. The Balaban J connectivity index is 1.78. The number of hydrogen-bond acceptors (Lipinski definition) is 4. The monoisotopic (exact) mass is 436 g/mol. The van der Waals surface area contributed by atoms with Gasteiger partial charge in [-0.25, -0.2) is 4.79 Å². The van der Waals surface area contributed by atoms with Crippen LogP contribution >= 0.6 is 0 Å². The van der Waals surface area contributed by atoms with Crippen LogP contribution in [0.15, 0.2) is 39.1 Å². The molecule has 1 aliphatic heterocycles. The van der Waals surface area contributed by atoms with E-state index in [0.29, 0.717) is 23.3 Å². The summed E-state index contributed by atoms with van der Waals surface area (Å²) in [4.78, 5) is 25.6. The number of carbonyl (C=O) groups excluding carboxylic acids is 1. The maximum atomic E-state index is 13.2. The van der Waals surface area contributed by atoms with Crippen LogP contribution in [0.3, 0.4) is 0 Å². The first-order valence-corrected chi connectivity index (χ1v) is 12.3. The van der Waals surface area contributed by atoms with Crippen LogP contribution in [0.2, 0.25) is 0 Å². The number of ketones is 1. The zero-order valence-corrected chi connectivity index (χ0v) is 19.9. The van der Waals surface area contributed by atoms with Gasteiger partial charge in [-0.2, -0.15) is 0 Å². The van der Waals surface area contributed by atoms with Crippen LogP contribution < -0.4 is 16.3 Å². The van der Waals surface area contributed by atoms with Gasteiger partial charge in [-0.15, -0.1) is 0 Å². The Hall–Kier alpha value is -2.20. The van der Waals surface area contributed by atoms with Crippen molar-refractivity contribution in [1.82, 2.24) is 0 Å². The molecule has 4 rings (SSSR count). The summed E-state index contributed by atoms with van der Waals surface area (Å²) in [5.74, 6) is 0.693. The van der Waals surface area contributed by atoms with Gasteiger partial charge in [0.25, 0.3) is 0 Å². The lowest BCUT2D eigenvalue weighted by molar-refractivity contribution is -0.123. The molecule has 2 heterocycles. The van der Waals surface area contributed by atoms with Crippen molar-refractivity contribution in [2.75, 3.05) is 0 Å². The van der Waals surface area contributed by atoms with Gasteiger partial charge < -0.3 is 9.15 Å². The van der Waals surface area contributed by atoms with Crippen molar-refractivity contribution in [2.45, 2.75) is 91.3 Å². The summed E-state index contributed by atoms with van der Waals surface area (Å²) < 4.78 is 12.1. The third-order valence-electron chi connectivity index (χ3n) is 7.43. The molecule has 4 heteroatoms. The third kappa shape index (κ3) is 4.47. The molecular formula is C28H36O4. The van der Waals surface area contributed by atoms with Crippen molar-refractivity contribution in [3.63, 3.8) is 0 Å². The van der Waals surface area contributed by atoms with E-state index in [-0.39, 0.29) is 29.5 Å². The van der Waals surface area contributed by atoms with E-state index >= 15 is 0 Å². The second-order valence-corrected chi connectivity index (χ2v) is 9.78. The van der Waals surface area contributed by atoms with Gasteiger partial charge in [0.05, 0.1) is 17.8 Å². The van der Waals surface area contributed by atoms with E-state index in [2.05, 4.69) is 39.0 Å². The van der Waals surface area contributed by atoms with Crippen LogP contribution in [-0.4, -0.2) is 18.0 Å². The number of ether oxygens (including phenoxy) is 1. The number of hydrogen-bond donors (Lipinski definition) is 0. The van der Waals surface area contributed by atoms with E-state index in [1.807, 2.05) is 6.92 Å². The molecule has 32 heavy (non-hydrogen) atoms. The van der Waals surface area contributed by atoms with Crippen molar-refractivity contribution in [2.24, 2.45) is 11.8 Å². The number of fused-ring (bicyclic) bond motifs is 2. The van der Waals surface area contributed by atoms with Crippen molar-refractivity contribution >= 4 is 16.9 Å². The van der Waals surface area contributed by atoms with Crippen molar-refractivity contribution < 1.29 is 13.9 Å². The number of unbranched alkanes of at least 4 members (excludes halogenated alkanes) is 1. The van der Waals surface area contributed by atoms with E-state index in [0.717, 1.165) is 55.7 Å². The number of aryl methyl sites for hydroxylation is 1. The minimum absolute atomic E-state index is 0.0662. The van der Waals surface area contributed by atoms with Gasteiger partial charge >= 0.3 is 5.63 Å². The lowest BCUT2D eigenvalue weighted by Crippen LogP contribution is -2.51. The molecule has 1 aromatic heterocycles. The molecule has 0 radical (unpaired) electrons. The molecule has 1 aromatic rings. The van der Waals surface area contributed by atoms with Crippen LogP contribution in [0.5, 0.6) is 0 Å². The van der Waals surface area contributed by atoms with E-state index in [4.69, 9.17) is 9.15 Å². The molecular weight excluding hydrogens is 400 g/mol. The molecule has 1 fully saturated rings. The molecule has 0 aromatic carbocycles. The SMILES string of the molecule is CCCCc1cc(=O)oc2c1=C(C)C(CCC(C)C1=CC=CCC1)C1OC(C)CC(=O)C=21. The van der Waals surface area contributed by atoms with Gasteiger partial charge in [-0.05, 0) is 63.9 Å². The maximum Gasteiger partial charge on any atom is 0.336 e. The summed E-state index contributed by atoms with van der Waals surface area (Å²) in [7, 11) is 0. The largest absolute Gasteiger partial charge is 0.422 e. The summed E-state index contributed by atoms with van der Waals surface area (Å²) >= 11 is 0. The van der Waals surface area contributed by atoms with Crippen molar-refractivity contribution in [3.05, 3.63) is 56.5 Å². The molecule has 0 N–H and O–H groups in total. The van der Waals surface area contributed by atoms with E-state index in [9.17, 15) is 9.59 Å². The Bertz CT molecular complexity index is 1120. The molecule has 0 spiro atoms. The summed E-state index contributed by atoms with van der Waals surface area (Å²) in [5.41, 5.74) is 4.43. The first-order chi connectivity index (χ1) is 15.4. The summed E-state index contributed by atoms with van der Waals surface area (Å²) in [5, 5.41) is 0.994. The van der Waals surface area contributed by atoms with Crippen molar-refractivity contribution in [3.8, 4) is 0 Å². The minimum atomic E-state index is -0.371. The number of Topliss-reactive ketones (excluding diaryl/α,β-unsaturated/α-hetero) is 1. The average molecular weight is 437 g/mol. The Morgan fingerprint density at radius 1 is 1.25 bits per heavy atom. The fourth-order valence-electron chi connectivity index (χ4n) is 5.60. The summed E-state index contributed by atoms with van der Waals surface area (Å²) in [6, 6.07) is 1.63. The predicted octanol–water partition coefficient (Wildman–Crippen LogP) is 4.37. The number of carbonyl (C=O) groups is 1. The topological polar surface area (TPSA) is 56.5 Å². The van der Waals surface area contributed by atoms with E-state index in [1.165, 1.54) is 11.1 Å². The summed E-state index contributed by atoms with van der Waals surface area (Å²) in [6.45, 7) is 8.57. The van der Waals surface area contributed by atoms with Gasteiger partial charge in [0, 0.05) is 23.6 Å². The van der Waals surface area contributed by atoms with Crippen LogP contribution in [-0.2, 0) is 16.0 Å². The van der Waals surface area contributed by atoms with Gasteiger partial charge in [0.1, 0.15) is 5.42 Å². The molecule has 0 saturated carbocycles. The quantitative estimate of drug-likeness (QED) is 0.637. The van der Waals surface area contributed by atoms with Gasteiger partial charge in [0.15, 0.2) is 5.78 Å². The Morgan fingerprint density at radius 3 is 2.78 bits per heavy atom. The first-order valence-electron chi connectivity index (χ1n) is 12.3. The van der Waals surface area contributed by atoms with Crippen LogP contribution in [0.1, 0.15) is 78.2 Å². The molecule has 2 aliphatic carbocycles. The van der Waals surface area contributed by atoms with Crippen LogP contribution in [0.25, 0.3) is 11.1 Å². The molecule has 172 valence electrons. The highest BCUT2D eigenvalue weighted by molar-refractivity contribution is 6.17. The smallest absolute Gasteiger partial charge is 0.336 e. The Kier molecular flexibility index (Phi) is 6.99. The van der Waals surface area contributed by atoms with Gasteiger partial charge in [-0.3, -0.25) is 4.79 Å². The average Bonchev–Trinajstić information content (AvgIpc) is 2.76. The normalized spacial score (nSPS) is 25.9. The van der Waals surface area contributed by atoms with Crippen LogP contribution in [0, 0.1) is 11.8 Å². The van der Waals surface area contributed by atoms with Gasteiger partial charge in [-0.1, -0.05) is 49.6 Å². The predicted molar refractivity (Wildman–Crippen MR) is 128 cm³/mol. The molecule has 1 saturated heterocycles. The van der Waals surface area contributed by atoms with E-state index in [1.54, 1.807) is 6.07 Å². The summed E-state index contributed by atoms with van der Waals surface area (Å²) in [6.07, 6.45) is 13.7. The fourth-order valence-corrected chi connectivity index (χ4v) is 5.60. The first kappa shape index (κ1) is 23.0. The lowest BCUT2D eigenvalue weighted by atomic mass is 9.75. The highest BCUT2D eigenvalue weighted by Gasteiger charge is 2.41. The molecule has 4 atom stereocenters. The number of rotatable bonds is 7. The second-order valence-electron chi connectivity index (χ2n) is 9.78. The molecule has 4 unspecified atom stereocenters. The van der Waals surface area contributed by atoms with Crippen LogP contribution in [0.4, 0.5) is 0 Å². The molecule has 4 nitrogen and oxygen atoms in total. The van der Waals surface area contributed by atoms with Crippen molar-refractivity contribution in [1.29, 1.82) is 0 Å². The maximum absolute atomic E-state index is 13.2. The zero-order valence-electron chi connectivity index (χ0n) is 19.9. The Morgan fingerprint density at radius 2 is 2.06 bits per heavy atom. The third-order valence-corrected chi connectivity index (χ3v) is 7.43. The highest BCUT2D eigenvalue weighted by atomic mass is 16.5. The van der Waals surface area contributed by atoms with Gasteiger partial charge in [0.2, 0.25) is 0 Å². The standard InChI is InChI=1S/C28H36O4/c1-5-6-10-21-16-24(30)32-28-25(21)19(4)22(27-26(28)23(29)15-18(3)31-27)14-13-17(2)20-11-8-7-9-12-20/h7-8,11,16-18,22,27H,5-6,9-10,12-15H2,1-4H3. The Labute approximate surface area is 190 Å².